The molecule has 168 valence electrons. The van der Waals surface area contributed by atoms with Gasteiger partial charge in [0, 0.05) is 36.5 Å². The molecule has 0 saturated carbocycles. The number of nitrogens with zero attached hydrogens (tertiary/aromatic N) is 3. The minimum Gasteiger partial charge on any atom is -0.338 e. The van der Waals surface area contributed by atoms with E-state index < -0.39 is 37.5 Å². The largest absolute Gasteiger partial charge is 0.355 e. The summed E-state index contributed by atoms with van der Waals surface area (Å²) >= 11 is 0. The minimum absolute atomic E-state index is 0.126. The standard InChI is InChI=1S/C21H14FN3O6S2/c22-19-8-2-1-7-18(19)20-11-15(14-25(20)32(27,28)16-5-3-9-23-12-16)21(26)31-33(29,30)17-6-4-10-24-13-17/h1-14H. The minimum atomic E-state index is -4.53. The summed E-state index contributed by atoms with van der Waals surface area (Å²) in [5.41, 5.74) is -0.755. The summed E-state index contributed by atoms with van der Waals surface area (Å²) in [6, 6.07) is 11.6. The second-order valence-electron chi connectivity index (χ2n) is 6.60. The molecule has 0 N–H and O–H groups in total. The maximum atomic E-state index is 14.5. The van der Waals surface area contributed by atoms with Crippen molar-refractivity contribution in [1.29, 1.82) is 0 Å². The highest BCUT2D eigenvalue weighted by atomic mass is 32.2. The number of pyridine rings is 2. The van der Waals surface area contributed by atoms with Gasteiger partial charge in [0.05, 0.1) is 11.3 Å². The number of hydrogen-bond acceptors (Lipinski definition) is 8. The van der Waals surface area contributed by atoms with Gasteiger partial charge in [-0.05, 0) is 42.5 Å². The molecule has 0 aliphatic heterocycles. The zero-order chi connectivity index (χ0) is 23.6. The smallest absolute Gasteiger partial charge is 0.338 e. The highest BCUT2D eigenvalue weighted by Crippen LogP contribution is 2.29. The fourth-order valence-electron chi connectivity index (χ4n) is 2.92. The molecule has 9 nitrogen and oxygen atoms in total. The van der Waals surface area contributed by atoms with Gasteiger partial charge in [0.25, 0.3) is 10.0 Å². The topological polar surface area (TPSA) is 125 Å². The molecule has 12 heteroatoms. The maximum Gasteiger partial charge on any atom is 0.355 e. The van der Waals surface area contributed by atoms with Crippen LogP contribution in [0.15, 0.2) is 95.4 Å². The Morgan fingerprint density at radius 3 is 2.12 bits per heavy atom. The number of benzene rings is 1. The van der Waals surface area contributed by atoms with Gasteiger partial charge < -0.3 is 4.18 Å². The van der Waals surface area contributed by atoms with Gasteiger partial charge in [-0.15, -0.1) is 0 Å². The lowest BCUT2D eigenvalue weighted by molar-refractivity contribution is 0.0747. The first-order valence-electron chi connectivity index (χ1n) is 9.22. The molecule has 0 aliphatic carbocycles. The van der Waals surface area contributed by atoms with Crippen LogP contribution in [-0.4, -0.2) is 36.7 Å². The van der Waals surface area contributed by atoms with E-state index in [-0.39, 0.29) is 21.0 Å². The number of halogens is 1. The molecule has 0 unspecified atom stereocenters. The lowest BCUT2D eigenvalue weighted by Gasteiger charge is -2.10. The summed E-state index contributed by atoms with van der Waals surface area (Å²) in [6.07, 6.45) is 5.66. The Kier molecular flexibility index (Phi) is 5.78. The van der Waals surface area contributed by atoms with Crippen molar-refractivity contribution in [2.75, 3.05) is 0 Å². The number of rotatable bonds is 6. The van der Waals surface area contributed by atoms with Crippen LogP contribution < -0.4 is 0 Å². The fourth-order valence-corrected chi connectivity index (χ4v) is 5.09. The highest BCUT2D eigenvalue weighted by molar-refractivity contribution is 7.90. The zero-order valence-corrected chi connectivity index (χ0v) is 18.2. The third-order valence-electron chi connectivity index (χ3n) is 4.47. The molecule has 0 radical (unpaired) electrons. The first-order valence-corrected chi connectivity index (χ1v) is 12.1. The monoisotopic (exact) mass is 487 g/mol. The second kappa shape index (κ2) is 8.56. The van der Waals surface area contributed by atoms with E-state index in [0.29, 0.717) is 3.97 Å². The molecule has 0 spiro atoms. The van der Waals surface area contributed by atoms with Crippen LogP contribution in [0.4, 0.5) is 4.39 Å². The summed E-state index contributed by atoms with van der Waals surface area (Å²) < 4.78 is 71.0. The molecule has 33 heavy (non-hydrogen) atoms. The molecule has 0 saturated heterocycles. The predicted molar refractivity (Wildman–Crippen MR) is 113 cm³/mol. The average molecular weight is 487 g/mol. The van der Waals surface area contributed by atoms with Crippen molar-refractivity contribution in [3.63, 3.8) is 0 Å². The van der Waals surface area contributed by atoms with Crippen LogP contribution in [0.5, 0.6) is 0 Å². The van der Waals surface area contributed by atoms with Crippen molar-refractivity contribution in [3.05, 3.63) is 97.0 Å². The SMILES string of the molecule is O=C(OS(=O)(=O)c1cccnc1)c1cc(-c2ccccc2F)n(S(=O)(=O)c2cccnc2)c1. The molecule has 0 bridgehead atoms. The highest BCUT2D eigenvalue weighted by Gasteiger charge is 2.28. The molecular weight excluding hydrogens is 473 g/mol. The van der Waals surface area contributed by atoms with Crippen LogP contribution >= 0.6 is 0 Å². The van der Waals surface area contributed by atoms with Crippen LogP contribution in [0.2, 0.25) is 0 Å². The van der Waals surface area contributed by atoms with Gasteiger partial charge in [-0.3, -0.25) is 9.97 Å². The molecule has 3 aromatic heterocycles. The number of hydrogen-bond donors (Lipinski definition) is 0. The van der Waals surface area contributed by atoms with E-state index in [0.717, 1.165) is 30.7 Å². The van der Waals surface area contributed by atoms with Gasteiger partial charge in [-0.1, -0.05) is 12.1 Å². The first-order chi connectivity index (χ1) is 15.7. The van der Waals surface area contributed by atoms with Crippen LogP contribution in [-0.2, 0) is 24.3 Å². The Hall–Kier alpha value is -3.90. The van der Waals surface area contributed by atoms with Crippen LogP contribution in [0.1, 0.15) is 10.4 Å². The molecule has 4 aromatic rings. The Bertz CT molecular complexity index is 1540. The van der Waals surface area contributed by atoms with Gasteiger partial charge >= 0.3 is 16.1 Å². The van der Waals surface area contributed by atoms with E-state index in [9.17, 15) is 26.0 Å². The van der Waals surface area contributed by atoms with Crippen molar-refractivity contribution in [2.24, 2.45) is 0 Å². The maximum absolute atomic E-state index is 14.5. The predicted octanol–water partition coefficient (Wildman–Crippen LogP) is 2.87. The Labute approximate surface area is 188 Å². The molecule has 0 atom stereocenters. The van der Waals surface area contributed by atoms with E-state index in [2.05, 4.69) is 14.2 Å². The van der Waals surface area contributed by atoms with Crippen molar-refractivity contribution >= 4 is 26.1 Å². The summed E-state index contributed by atoms with van der Waals surface area (Å²) in [4.78, 5) is 19.5. The van der Waals surface area contributed by atoms with Crippen molar-refractivity contribution in [3.8, 4) is 11.3 Å². The summed E-state index contributed by atoms with van der Waals surface area (Å²) in [5, 5.41) is 0. The van der Waals surface area contributed by atoms with Crippen LogP contribution in [0.25, 0.3) is 11.3 Å². The quantitative estimate of drug-likeness (QED) is 0.380. The van der Waals surface area contributed by atoms with Gasteiger partial charge in [-0.2, -0.15) is 8.42 Å². The lowest BCUT2D eigenvalue weighted by Crippen LogP contribution is -2.15. The van der Waals surface area contributed by atoms with Crippen molar-refractivity contribution < 1.29 is 30.2 Å². The van der Waals surface area contributed by atoms with Gasteiger partial charge in [-0.25, -0.2) is 21.6 Å². The third-order valence-corrected chi connectivity index (χ3v) is 7.32. The average Bonchev–Trinajstić information content (AvgIpc) is 3.27. The van der Waals surface area contributed by atoms with Crippen LogP contribution in [0, 0.1) is 5.82 Å². The Morgan fingerprint density at radius 2 is 1.52 bits per heavy atom. The van der Waals surface area contributed by atoms with Crippen LogP contribution in [0.3, 0.4) is 0 Å². The molecule has 0 aliphatic rings. The molecule has 3 heterocycles. The zero-order valence-electron chi connectivity index (χ0n) is 16.6. The number of aromatic nitrogens is 3. The van der Waals surface area contributed by atoms with Gasteiger partial charge in [0.2, 0.25) is 0 Å². The summed E-state index contributed by atoms with van der Waals surface area (Å²) in [5.74, 6) is -2.10. The molecule has 4 rings (SSSR count). The van der Waals surface area contributed by atoms with Gasteiger partial charge in [0.15, 0.2) is 0 Å². The third kappa shape index (κ3) is 4.38. The summed E-state index contributed by atoms with van der Waals surface area (Å²) in [7, 11) is -8.85. The van der Waals surface area contributed by atoms with E-state index in [1.807, 2.05) is 0 Å². The molecular formula is C21H14FN3O6S2. The second-order valence-corrected chi connectivity index (χ2v) is 9.96. The van der Waals surface area contributed by atoms with E-state index in [1.165, 1.54) is 54.9 Å². The number of carbonyl (C=O) groups is 1. The first kappa shape index (κ1) is 22.3. The van der Waals surface area contributed by atoms with E-state index >= 15 is 0 Å². The lowest BCUT2D eigenvalue weighted by atomic mass is 10.1. The van der Waals surface area contributed by atoms with Crippen molar-refractivity contribution in [2.45, 2.75) is 9.79 Å². The van der Waals surface area contributed by atoms with E-state index in [4.69, 9.17) is 0 Å². The van der Waals surface area contributed by atoms with Gasteiger partial charge in [0.1, 0.15) is 15.6 Å². The molecule has 0 amide bonds. The number of carbonyl (C=O) groups excluding carboxylic acids is 1. The van der Waals surface area contributed by atoms with E-state index in [1.54, 1.807) is 0 Å². The Balaban J connectivity index is 1.82. The fraction of sp³-hybridized carbons (Fsp3) is 0. The summed E-state index contributed by atoms with van der Waals surface area (Å²) in [6.45, 7) is 0. The molecule has 1 aromatic carbocycles. The van der Waals surface area contributed by atoms with Crippen molar-refractivity contribution in [1.82, 2.24) is 13.9 Å². The molecule has 0 fully saturated rings. The normalized spacial score (nSPS) is 11.8. The Morgan fingerprint density at radius 1 is 0.879 bits per heavy atom.